The Balaban J connectivity index is 1.95. The molecule has 0 N–H and O–H groups in total. The highest BCUT2D eigenvalue weighted by atomic mass is 32.2. The number of thiophene rings is 1. The second-order valence-electron chi connectivity index (χ2n) is 8.94. The lowest BCUT2D eigenvalue weighted by Crippen LogP contribution is -2.25. The number of sulfone groups is 1. The van der Waals surface area contributed by atoms with Crippen molar-refractivity contribution in [2.45, 2.75) is 33.2 Å². The van der Waals surface area contributed by atoms with E-state index in [1.54, 1.807) is 30.1 Å². The van der Waals surface area contributed by atoms with Crippen molar-refractivity contribution in [3.05, 3.63) is 63.4 Å². The maximum atomic E-state index is 13.0. The van der Waals surface area contributed by atoms with E-state index in [4.69, 9.17) is 4.74 Å². The predicted octanol–water partition coefficient (Wildman–Crippen LogP) is 4.79. The Bertz CT molecular complexity index is 1350. The Morgan fingerprint density at radius 1 is 1.21 bits per heavy atom. The van der Waals surface area contributed by atoms with Gasteiger partial charge in [-0.3, -0.25) is 9.69 Å². The zero-order valence-corrected chi connectivity index (χ0v) is 22.3. The van der Waals surface area contributed by atoms with Crippen LogP contribution in [0.2, 0.25) is 0 Å². The Morgan fingerprint density at radius 3 is 2.59 bits per heavy atom. The molecule has 0 radical (unpaired) electrons. The first-order valence-corrected chi connectivity index (χ1v) is 14.2. The van der Waals surface area contributed by atoms with Gasteiger partial charge in [0.1, 0.15) is 5.75 Å². The van der Waals surface area contributed by atoms with Crippen molar-refractivity contribution in [1.29, 1.82) is 0 Å². The van der Waals surface area contributed by atoms with Crippen LogP contribution >= 0.6 is 11.3 Å². The standard InChI is InChI=1S/C26H34N2O4S2/c1-7-11-28(12-10-18(2)17-34(6,30)31)15-21-14-23-25(33-21)24(16-27(4)26(23)29)22-13-20(32-5)9-8-19(22)3/h8-9,13-14,16H,2,7,10-12,15,17H2,1,3-6H3. The quantitative estimate of drug-likeness (QED) is 0.353. The molecule has 2 aromatic heterocycles. The van der Waals surface area contributed by atoms with Gasteiger partial charge in [-0.2, -0.15) is 0 Å². The van der Waals surface area contributed by atoms with Crippen molar-refractivity contribution < 1.29 is 13.2 Å². The van der Waals surface area contributed by atoms with Gasteiger partial charge in [-0.05, 0) is 55.6 Å². The molecule has 2 heterocycles. The van der Waals surface area contributed by atoms with Crippen LogP contribution < -0.4 is 10.3 Å². The molecule has 0 saturated heterocycles. The van der Waals surface area contributed by atoms with Gasteiger partial charge in [-0.25, -0.2) is 8.42 Å². The second-order valence-corrected chi connectivity index (χ2v) is 12.2. The fourth-order valence-electron chi connectivity index (χ4n) is 4.16. The van der Waals surface area contributed by atoms with E-state index in [1.165, 1.54) is 6.26 Å². The molecule has 0 saturated carbocycles. The molecule has 0 bridgehead atoms. The highest BCUT2D eigenvalue weighted by Crippen LogP contribution is 2.36. The van der Waals surface area contributed by atoms with Crippen LogP contribution in [0.5, 0.6) is 5.75 Å². The molecule has 0 unspecified atom stereocenters. The molecule has 0 spiro atoms. The third-order valence-electron chi connectivity index (χ3n) is 5.80. The number of fused-ring (bicyclic) bond motifs is 1. The topological polar surface area (TPSA) is 68.6 Å². The number of methoxy groups -OCH3 is 1. The van der Waals surface area contributed by atoms with Crippen LogP contribution in [0.3, 0.4) is 0 Å². The van der Waals surface area contributed by atoms with Gasteiger partial charge in [0.15, 0.2) is 9.84 Å². The van der Waals surface area contributed by atoms with E-state index in [9.17, 15) is 13.2 Å². The molecule has 0 atom stereocenters. The lowest BCUT2D eigenvalue weighted by molar-refractivity contribution is 0.271. The number of pyridine rings is 1. The summed E-state index contributed by atoms with van der Waals surface area (Å²) in [5, 5.41) is 0.722. The van der Waals surface area contributed by atoms with Gasteiger partial charge < -0.3 is 9.30 Å². The van der Waals surface area contributed by atoms with Gasteiger partial charge in [0.25, 0.3) is 5.56 Å². The normalized spacial score (nSPS) is 11.9. The number of benzene rings is 1. The Morgan fingerprint density at radius 2 is 1.94 bits per heavy atom. The first-order chi connectivity index (χ1) is 16.0. The number of aromatic nitrogens is 1. The minimum absolute atomic E-state index is 0.00892. The van der Waals surface area contributed by atoms with E-state index in [0.29, 0.717) is 13.0 Å². The lowest BCUT2D eigenvalue weighted by Gasteiger charge is -2.21. The smallest absolute Gasteiger partial charge is 0.259 e. The summed E-state index contributed by atoms with van der Waals surface area (Å²) in [6, 6.07) is 8.00. The Labute approximate surface area is 206 Å². The molecule has 8 heteroatoms. The molecule has 34 heavy (non-hydrogen) atoms. The number of nitrogens with zero attached hydrogens (tertiary/aromatic N) is 2. The van der Waals surface area contributed by atoms with Crippen LogP contribution in [-0.2, 0) is 23.4 Å². The number of hydrogen-bond donors (Lipinski definition) is 0. The number of ether oxygens (including phenoxy) is 1. The summed E-state index contributed by atoms with van der Waals surface area (Å²) < 4.78 is 31.2. The average molecular weight is 503 g/mol. The summed E-state index contributed by atoms with van der Waals surface area (Å²) in [4.78, 5) is 16.4. The largest absolute Gasteiger partial charge is 0.497 e. The van der Waals surface area contributed by atoms with Crippen molar-refractivity contribution in [2.24, 2.45) is 7.05 Å². The SMILES string of the molecule is C=C(CCN(CCC)Cc1cc2c(=O)n(C)cc(-c3cc(OC)ccc3C)c2s1)CS(C)(=O)=O. The molecular formula is C26H34N2O4S2. The fraction of sp³-hybridized carbons (Fsp3) is 0.423. The van der Waals surface area contributed by atoms with Gasteiger partial charge in [0.05, 0.1) is 18.2 Å². The molecule has 0 fully saturated rings. The van der Waals surface area contributed by atoms with Gasteiger partial charge in [-0.1, -0.05) is 25.1 Å². The van der Waals surface area contributed by atoms with Crippen LogP contribution in [0, 0.1) is 6.92 Å². The summed E-state index contributed by atoms with van der Waals surface area (Å²) in [7, 11) is 0.370. The van der Waals surface area contributed by atoms with Crippen LogP contribution in [0.1, 0.15) is 30.2 Å². The third kappa shape index (κ3) is 6.37. The van der Waals surface area contributed by atoms with Gasteiger partial charge in [0, 0.05) is 47.7 Å². The molecule has 6 nitrogen and oxygen atoms in total. The molecule has 0 amide bonds. The number of hydrogen-bond acceptors (Lipinski definition) is 6. The van der Waals surface area contributed by atoms with E-state index in [1.807, 2.05) is 30.5 Å². The van der Waals surface area contributed by atoms with Crippen LogP contribution in [0.25, 0.3) is 21.2 Å². The van der Waals surface area contributed by atoms with E-state index >= 15 is 0 Å². The van der Waals surface area contributed by atoms with E-state index < -0.39 is 9.84 Å². The number of rotatable bonds is 11. The second kappa shape index (κ2) is 10.9. The Kier molecular flexibility index (Phi) is 8.38. The molecule has 0 aliphatic rings. The van der Waals surface area contributed by atoms with Crippen molar-refractivity contribution in [1.82, 2.24) is 9.47 Å². The summed E-state index contributed by atoms with van der Waals surface area (Å²) in [5.41, 5.74) is 3.91. The van der Waals surface area contributed by atoms with Gasteiger partial charge >= 0.3 is 0 Å². The first-order valence-electron chi connectivity index (χ1n) is 11.4. The third-order valence-corrected chi connectivity index (χ3v) is 7.89. The Hall–Kier alpha value is -2.42. The first kappa shape index (κ1) is 26.2. The maximum Gasteiger partial charge on any atom is 0.259 e. The minimum Gasteiger partial charge on any atom is -0.497 e. The lowest BCUT2D eigenvalue weighted by atomic mass is 10.0. The zero-order valence-electron chi connectivity index (χ0n) is 20.7. The van der Waals surface area contributed by atoms with Crippen molar-refractivity contribution in [3.8, 4) is 16.9 Å². The highest BCUT2D eigenvalue weighted by Gasteiger charge is 2.17. The maximum absolute atomic E-state index is 13.0. The van der Waals surface area contributed by atoms with Crippen LogP contribution in [0.15, 0.2) is 47.4 Å². The van der Waals surface area contributed by atoms with Crippen LogP contribution in [0.4, 0.5) is 0 Å². The van der Waals surface area contributed by atoms with Crippen molar-refractivity contribution >= 4 is 31.3 Å². The molecule has 184 valence electrons. The molecular weight excluding hydrogens is 468 g/mol. The van der Waals surface area contributed by atoms with E-state index in [-0.39, 0.29) is 11.3 Å². The molecule has 0 aliphatic heterocycles. The summed E-state index contributed by atoms with van der Waals surface area (Å²) >= 11 is 1.65. The zero-order chi connectivity index (χ0) is 25.0. The van der Waals surface area contributed by atoms with E-state index in [0.717, 1.165) is 62.5 Å². The fourth-order valence-corrected chi connectivity index (χ4v) is 6.26. The minimum atomic E-state index is -3.07. The summed E-state index contributed by atoms with van der Waals surface area (Å²) in [6.07, 6.45) is 4.76. The molecule has 1 aromatic carbocycles. The molecule has 0 aliphatic carbocycles. The molecule has 3 rings (SSSR count). The average Bonchev–Trinajstić information content (AvgIpc) is 3.18. The summed E-state index contributed by atoms with van der Waals surface area (Å²) in [6.45, 7) is 10.5. The summed E-state index contributed by atoms with van der Waals surface area (Å²) in [5.74, 6) is 0.803. The number of aryl methyl sites for hydroxylation is 2. The molecule has 3 aromatic rings. The highest BCUT2D eigenvalue weighted by molar-refractivity contribution is 7.90. The van der Waals surface area contributed by atoms with Gasteiger partial charge in [0.2, 0.25) is 0 Å². The van der Waals surface area contributed by atoms with Crippen LogP contribution in [-0.4, -0.2) is 50.1 Å². The monoisotopic (exact) mass is 502 g/mol. The van der Waals surface area contributed by atoms with Gasteiger partial charge in [-0.15, -0.1) is 11.3 Å². The predicted molar refractivity (Wildman–Crippen MR) is 143 cm³/mol. The van der Waals surface area contributed by atoms with E-state index in [2.05, 4.69) is 25.3 Å². The van der Waals surface area contributed by atoms with Crippen molar-refractivity contribution in [3.63, 3.8) is 0 Å². The van der Waals surface area contributed by atoms with Crippen molar-refractivity contribution in [2.75, 3.05) is 32.2 Å².